The van der Waals surface area contributed by atoms with E-state index < -0.39 is 22.5 Å². The van der Waals surface area contributed by atoms with Gasteiger partial charge in [-0.1, -0.05) is 29.3 Å². The van der Waals surface area contributed by atoms with E-state index in [9.17, 15) is 13.2 Å². The van der Waals surface area contributed by atoms with E-state index in [0.717, 1.165) is 16.1 Å². The van der Waals surface area contributed by atoms with Crippen LogP contribution in [-0.2, 0) is 21.4 Å². The van der Waals surface area contributed by atoms with Gasteiger partial charge in [-0.3, -0.25) is 9.10 Å². The second-order valence-electron chi connectivity index (χ2n) is 8.05. The van der Waals surface area contributed by atoms with Crippen LogP contribution in [0.15, 0.2) is 64.2 Å². The van der Waals surface area contributed by atoms with Crippen LogP contribution >= 0.6 is 39.1 Å². The summed E-state index contributed by atoms with van der Waals surface area (Å²) in [6.07, 6.45) is 2.42. The number of carbonyl (C=O) groups is 1. The van der Waals surface area contributed by atoms with Crippen molar-refractivity contribution in [1.82, 2.24) is 5.43 Å². The van der Waals surface area contributed by atoms with Crippen molar-refractivity contribution in [2.75, 3.05) is 30.8 Å². The molecular formula is C26H26BrCl2N3O6S. The van der Waals surface area contributed by atoms with E-state index in [0.29, 0.717) is 49.6 Å². The highest BCUT2D eigenvalue weighted by Crippen LogP contribution is 2.37. The summed E-state index contributed by atoms with van der Waals surface area (Å²) in [6, 6.07) is 14.9. The Morgan fingerprint density at radius 1 is 1.10 bits per heavy atom. The molecule has 0 spiro atoms. The topological polar surface area (TPSA) is 107 Å². The Morgan fingerprint density at radius 2 is 1.82 bits per heavy atom. The van der Waals surface area contributed by atoms with Crippen molar-refractivity contribution in [2.24, 2.45) is 5.10 Å². The number of sulfonamides is 1. The van der Waals surface area contributed by atoms with Crippen LogP contribution in [0, 0.1) is 0 Å². The molecule has 0 aliphatic carbocycles. The normalized spacial score (nSPS) is 11.3. The molecule has 0 unspecified atom stereocenters. The fraction of sp³-hybridized carbons (Fsp3) is 0.231. The number of hydrazone groups is 1. The summed E-state index contributed by atoms with van der Waals surface area (Å²) in [4.78, 5) is 12.5. The first-order valence-electron chi connectivity index (χ1n) is 11.5. The first-order valence-corrected chi connectivity index (χ1v) is 14.9. The number of anilines is 1. The van der Waals surface area contributed by atoms with Crippen molar-refractivity contribution in [3.8, 4) is 17.2 Å². The van der Waals surface area contributed by atoms with E-state index in [1.54, 1.807) is 54.6 Å². The molecule has 9 nitrogen and oxygen atoms in total. The lowest BCUT2D eigenvalue weighted by Gasteiger charge is -2.21. The molecule has 208 valence electrons. The molecule has 3 rings (SSSR count). The predicted octanol–water partition coefficient (Wildman–Crippen LogP) is 5.66. The summed E-state index contributed by atoms with van der Waals surface area (Å²) in [5.41, 5.74) is 4.01. The highest BCUT2D eigenvalue weighted by atomic mass is 79.9. The molecule has 0 aromatic heterocycles. The number of rotatable bonds is 12. The van der Waals surface area contributed by atoms with E-state index in [-0.39, 0.29) is 6.61 Å². The molecule has 1 N–H and O–H groups in total. The molecule has 3 aromatic rings. The van der Waals surface area contributed by atoms with E-state index in [4.69, 9.17) is 37.4 Å². The molecule has 0 aliphatic rings. The van der Waals surface area contributed by atoms with Crippen molar-refractivity contribution in [3.63, 3.8) is 0 Å². The van der Waals surface area contributed by atoms with Gasteiger partial charge in [0.1, 0.15) is 18.9 Å². The summed E-state index contributed by atoms with van der Waals surface area (Å²) in [6.45, 7) is 2.04. The Kier molecular flexibility index (Phi) is 10.9. The minimum absolute atomic E-state index is 0.180. The van der Waals surface area contributed by atoms with Gasteiger partial charge in [-0.05, 0) is 76.9 Å². The Balaban J connectivity index is 1.67. The molecule has 0 atom stereocenters. The van der Waals surface area contributed by atoms with Crippen LogP contribution in [0.25, 0.3) is 0 Å². The maximum atomic E-state index is 12.5. The van der Waals surface area contributed by atoms with Gasteiger partial charge in [-0.25, -0.2) is 13.8 Å². The van der Waals surface area contributed by atoms with Crippen LogP contribution in [0.2, 0.25) is 10.0 Å². The number of nitrogens with zero attached hydrogens (tertiary/aromatic N) is 2. The van der Waals surface area contributed by atoms with Crippen LogP contribution in [0.4, 0.5) is 5.69 Å². The maximum absolute atomic E-state index is 12.5. The van der Waals surface area contributed by atoms with Gasteiger partial charge in [-0.2, -0.15) is 5.10 Å². The Labute approximate surface area is 245 Å². The largest absolute Gasteiger partial charge is 0.494 e. The SMILES string of the molecule is CCOc1ccc(N(CC(=O)N/N=C\c2cc(Br)c(OCc3ccc(Cl)cc3Cl)c(OC)c2)S(C)(=O)=O)cc1. The number of amides is 1. The smallest absolute Gasteiger partial charge is 0.260 e. The molecule has 0 fully saturated rings. The highest BCUT2D eigenvalue weighted by molar-refractivity contribution is 9.10. The molecule has 39 heavy (non-hydrogen) atoms. The summed E-state index contributed by atoms with van der Waals surface area (Å²) in [7, 11) is -2.24. The molecule has 3 aromatic carbocycles. The second kappa shape index (κ2) is 13.9. The number of benzene rings is 3. The lowest BCUT2D eigenvalue weighted by Crippen LogP contribution is -2.39. The zero-order valence-corrected chi connectivity index (χ0v) is 25.2. The lowest BCUT2D eigenvalue weighted by atomic mass is 10.2. The number of methoxy groups -OCH3 is 1. The molecule has 0 bridgehead atoms. The molecule has 0 saturated heterocycles. The van der Waals surface area contributed by atoms with E-state index in [1.807, 2.05) is 6.92 Å². The Bertz CT molecular complexity index is 1450. The van der Waals surface area contributed by atoms with Crippen LogP contribution in [-0.4, -0.2) is 47.1 Å². The zero-order chi connectivity index (χ0) is 28.6. The third-order valence-electron chi connectivity index (χ3n) is 5.17. The Hall–Kier alpha value is -2.99. The summed E-state index contributed by atoms with van der Waals surface area (Å²) >= 11 is 15.6. The highest BCUT2D eigenvalue weighted by Gasteiger charge is 2.21. The minimum atomic E-state index is -3.74. The van der Waals surface area contributed by atoms with Crippen LogP contribution in [0.1, 0.15) is 18.1 Å². The van der Waals surface area contributed by atoms with Crippen molar-refractivity contribution in [3.05, 3.63) is 80.2 Å². The number of hydrogen-bond donors (Lipinski definition) is 1. The molecule has 13 heteroatoms. The quantitative estimate of drug-likeness (QED) is 0.199. The van der Waals surface area contributed by atoms with Gasteiger partial charge < -0.3 is 14.2 Å². The number of ether oxygens (including phenoxy) is 3. The van der Waals surface area contributed by atoms with Gasteiger partial charge >= 0.3 is 0 Å². The van der Waals surface area contributed by atoms with Gasteiger partial charge in [0.2, 0.25) is 10.0 Å². The summed E-state index contributed by atoms with van der Waals surface area (Å²) < 4.78 is 43.0. The van der Waals surface area contributed by atoms with Crippen LogP contribution in [0.3, 0.4) is 0 Å². The average Bonchev–Trinajstić information content (AvgIpc) is 2.87. The first-order chi connectivity index (χ1) is 18.5. The average molecular weight is 659 g/mol. The predicted molar refractivity (Wildman–Crippen MR) is 157 cm³/mol. The van der Waals surface area contributed by atoms with Crippen LogP contribution < -0.4 is 23.9 Å². The molecule has 0 radical (unpaired) electrons. The number of hydrogen-bond acceptors (Lipinski definition) is 7. The van der Waals surface area contributed by atoms with E-state index in [1.165, 1.54) is 13.3 Å². The fourth-order valence-corrected chi connectivity index (χ4v) is 5.26. The van der Waals surface area contributed by atoms with Gasteiger partial charge in [0.15, 0.2) is 11.5 Å². The summed E-state index contributed by atoms with van der Waals surface area (Å²) in [5, 5.41) is 4.96. The maximum Gasteiger partial charge on any atom is 0.260 e. The molecule has 0 heterocycles. The van der Waals surface area contributed by atoms with Gasteiger partial charge in [0.05, 0.1) is 36.3 Å². The first kappa shape index (κ1) is 30.6. The third kappa shape index (κ3) is 8.76. The van der Waals surface area contributed by atoms with Crippen molar-refractivity contribution in [1.29, 1.82) is 0 Å². The molecule has 1 amide bonds. The zero-order valence-electron chi connectivity index (χ0n) is 21.3. The standard InChI is InChI=1S/C26H26BrCl2N3O6S/c1-4-37-21-9-7-20(8-10-21)32(39(3,34)35)15-25(33)31-30-14-17-11-22(27)26(24(12-17)36-2)38-16-18-5-6-19(28)13-23(18)29/h5-14H,4,15-16H2,1-3H3,(H,31,33)/b30-14-. The van der Waals surface area contributed by atoms with Gasteiger partial charge in [-0.15, -0.1) is 0 Å². The molecule has 0 saturated carbocycles. The second-order valence-corrected chi connectivity index (χ2v) is 11.7. The van der Waals surface area contributed by atoms with Gasteiger partial charge in [0, 0.05) is 15.6 Å². The monoisotopic (exact) mass is 657 g/mol. The summed E-state index contributed by atoms with van der Waals surface area (Å²) in [5.74, 6) is 0.830. The number of carbonyl (C=O) groups excluding carboxylic acids is 1. The lowest BCUT2D eigenvalue weighted by molar-refractivity contribution is -0.119. The number of nitrogens with one attached hydrogen (secondary N) is 1. The molecule has 0 aliphatic heterocycles. The van der Waals surface area contributed by atoms with Crippen LogP contribution in [0.5, 0.6) is 17.2 Å². The van der Waals surface area contributed by atoms with Gasteiger partial charge in [0.25, 0.3) is 5.91 Å². The molecular weight excluding hydrogens is 633 g/mol. The Morgan fingerprint density at radius 3 is 2.44 bits per heavy atom. The third-order valence-corrected chi connectivity index (χ3v) is 7.48. The van der Waals surface area contributed by atoms with Crippen molar-refractivity contribution < 1.29 is 27.4 Å². The minimum Gasteiger partial charge on any atom is -0.494 e. The number of halogens is 3. The van der Waals surface area contributed by atoms with E-state index >= 15 is 0 Å². The fourth-order valence-electron chi connectivity index (χ4n) is 3.36. The van der Waals surface area contributed by atoms with Crippen molar-refractivity contribution >= 4 is 67.0 Å². The van der Waals surface area contributed by atoms with Crippen molar-refractivity contribution in [2.45, 2.75) is 13.5 Å². The van der Waals surface area contributed by atoms with E-state index in [2.05, 4.69) is 26.5 Å².